The number of hydrogen-bond acceptors (Lipinski definition) is 3. The van der Waals surface area contributed by atoms with Crippen molar-refractivity contribution in [3.63, 3.8) is 0 Å². The molecular formula is C9H9BrO3. The quantitative estimate of drug-likeness (QED) is 0.764. The summed E-state index contributed by atoms with van der Waals surface area (Å²) in [5, 5.41) is 0.821. The van der Waals surface area contributed by atoms with Crippen molar-refractivity contribution in [3.8, 4) is 17.2 Å². The van der Waals surface area contributed by atoms with Gasteiger partial charge in [0.15, 0.2) is 11.5 Å². The number of benzene rings is 1. The molecule has 0 saturated carbocycles. The van der Waals surface area contributed by atoms with E-state index in [1.807, 2.05) is 18.2 Å². The van der Waals surface area contributed by atoms with Crippen LogP contribution < -0.4 is 14.2 Å². The van der Waals surface area contributed by atoms with Gasteiger partial charge in [-0.3, -0.25) is 0 Å². The highest BCUT2D eigenvalue weighted by molar-refractivity contribution is 9.09. The minimum absolute atomic E-state index is 0.303. The third kappa shape index (κ3) is 1.88. The highest BCUT2D eigenvalue weighted by atomic mass is 79.9. The number of alkyl halides is 1. The molecule has 0 bridgehead atoms. The van der Waals surface area contributed by atoms with Gasteiger partial charge in [0, 0.05) is 11.4 Å². The van der Waals surface area contributed by atoms with Crippen molar-refractivity contribution in [2.24, 2.45) is 0 Å². The summed E-state index contributed by atoms with van der Waals surface area (Å²) in [6, 6.07) is 5.56. The Balaban J connectivity index is 2.12. The topological polar surface area (TPSA) is 27.7 Å². The SMILES string of the molecule is BrCCOc1ccc2c(c1)OCO2. The zero-order valence-corrected chi connectivity index (χ0v) is 8.54. The predicted octanol–water partition coefficient (Wildman–Crippen LogP) is 2.19. The smallest absolute Gasteiger partial charge is 0.231 e. The second kappa shape index (κ2) is 3.87. The van der Waals surface area contributed by atoms with Crippen molar-refractivity contribution in [2.75, 3.05) is 18.7 Å². The molecule has 3 nitrogen and oxygen atoms in total. The lowest BCUT2D eigenvalue weighted by molar-refractivity contribution is 0.174. The molecule has 13 heavy (non-hydrogen) atoms. The maximum atomic E-state index is 5.40. The summed E-state index contributed by atoms with van der Waals surface area (Å²) in [5.41, 5.74) is 0. The van der Waals surface area contributed by atoms with Gasteiger partial charge in [-0.05, 0) is 12.1 Å². The molecule has 0 saturated heterocycles. The third-order valence-corrected chi connectivity index (χ3v) is 2.01. The van der Waals surface area contributed by atoms with Crippen molar-refractivity contribution in [2.45, 2.75) is 0 Å². The van der Waals surface area contributed by atoms with E-state index in [4.69, 9.17) is 14.2 Å². The Morgan fingerprint density at radius 2 is 2.15 bits per heavy atom. The molecule has 2 rings (SSSR count). The molecule has 4 heteroatoms. The van der Waals surface area contributed by atoms with Crippen molar-refractivity contribution in [3.05, 3.63) is 18.2 Å². The van der Waals surface area contributed by atoms with Crippen molar-refractivity contribution in [1.29, 1.82) is 0 Å². The zero-order valence-electron chi connectivity index (χ0n) is 6.96. The Labute approximate surface area is 84.7 Å². The summed E-state index contributed by atoms with van der Waals surface area (Å²) in [4.78, 5) is 0. The molecule has 1 aliphatic rings. The van der Waals surface area contributed by atoms with Crippen LogP contribution in [0.15, 0.2) is 18.2 Å². The van der Waals surface area contributed by atoms with Gasteiger partial charge in [0.05, 0.1) is 6.61 Å². The van der Waals surface area contributed by atoms with Crippen LogP contribution in [0, 0.1) is 0 Å². The minimum atomic E-state index is 0.303. The van der Waals surface area contributed by atoms with Crippen molar-refractivity contribution < 1.29 is 14.2 Å². The number of halogens is 1. The summed E-state index contributed by atoms with van der Waals surface area (Å²) in [6.07, 6.45) is 0. The van der Waals surface area contributed by atoms with Crippen LogP contribution in [-0.4, -0.2) is 18.7 Å². The van der Waals surface area contributed by atoms with E-state index in [0.717, 1.165) is 22.6 Å². The first kappa shape index (κ1) is 8.69. The van der Waals surface area contributed by atoms with Crippen LogP contribution in [0.2, 0.25) is 0 Å². The molecule has 1 aromatic carbocycles. The fourth-order valence-corrected chi connectivity index (χ4v) is 1.28. The molecule has 0 fully saturated rings. The molecule has 0 radical (unpaired) electrons. The fraction of sp³-hybridized carbons (Fsp3) is 0.333. The third-order valence-electron chi connectivity index (χ3n) is 1.69. The molecule has 1 aromatic rings. The molecule has 0 amide bonds. The molecule has 70 valence electrons. The first-order valence-electron chi connectivity index (χ1n) is 3.98. The van der Waals surface area contributed by atoms with E-state index < -0.39 is 0 Å². The van der Waals surface area contributed by atoms with Crippen molar-refractivity contribution in [1.82, 2.24) is 0 Å². The molecule has 0 spiro atoms. The maximum absolute atomic E-state index is 5.40. The monoisotopic (exact) mass is 244 g/mol. The fourth-order valence-electron chi connectivity index (χ4n) is 1.12. The lowest BCUT2D eigenvalue weighted by Gasteiger charge is -2.04. The van der Waals surface area contributed by atoms with Crippen LogP contribution in [0.1, 0.15) is 0 Å². The standard InChI is InChI=1S/C9H9BrO3/c10-3-4-11-7-1-2-8-9(5-7)13-6-12-8/h1-2,5H,3-4,6H2. The molecule has 0 aromatic heterocycles. The normalized spacial score (nSPS) is 13.0. The molecular weight excluding hydrogens is 236 g/mol. The van der Waals surface area contributed by atoms with E-state index in [2.05, 4.69) is 15.9 Å². The van der Waals surface area contributed by atoms with Gasteiger partial charge in [-0.25, -0.2) is 0 Å². The minimum Gasteiger partial charge on any atom is -0.493 e. The molecule has 1 heterocycles. The van der Waals surface area contributed by atoms with E-state index >= 15 is 0 Å². The van der Waals surface area contributed by atoms with E-state index in [1.54, 1.807) is 0 Å². The Morgan fingerprint density at radius 1 is 1.31 bits per heavy atom. The van der Waals surface area contributed by atoms with Crippen LogP contribution in [0.4, 0.5) is 0 Å². The second-order valence-electron chi connectivity index (χ2n) is 2.55. The van der Waals surface area contributed by atoms with E-state index in [9.17, 15) is 0 Å². The van der Waals surface area contributed by atoms with Gasteiger partial charge in [0.1, 0.15) is 5.75 Å². The van der Waals surface area contributed by atoms with Crippen LogP contribution in [0.5, 0.6) is 17.2 Å². The van der Waals surface area contributed by atoms with Gasteiger partial charge in [-0.15, -0.1) is 0 Å². The summed E-state index contributed by atoms with van der Waals surface area (Å²) in [5.74, 6) is 2.35. The largest absolute Gasteiger partial charge is 0.493 e. The maximum Gasteiger partial charge on any atom is 0.231 e. The van der Waals surface area contributed by atoms with Gasteiger partial charge >= 0.3 is 0 Å². The van der Waals surface area contributed by atoms with Crippen LogP contribution in [-0.2, 0) is 0 Å². The number of ether oxygens (including phenoxy) is 3. The van der Waals surface area contributed by atoms with E-state index in [1.165, 1.54) is 0 Å². The van der Waals surface area contributed by atoms with Crippen molar-refractivity contribution >= 4 is 15.9 Å². The Hall–Kier alpha value is -0.900. The first-order valence-corrected chi connectivity index (χ1v) is 5.11. The van der Waals surface area contributed by atoms with Gasteiger partial charge in [0.2, 0.25) is 6.79 Å². The Kier molecular flexibility index (Phi) is 2.59. The van der Waals surface area contributed by atoms with Crippen LogP contribution >= 0.6 is 15.9 Å². The molecule has 0 atom stereocenters. The molecule has 0 aliphatic carbocycles. The predicted molar refractivity (Wildman–Crippen MR) is 51.9 cm³/mol. The Bertz CT molecular complexity index is 301. The molecule has 0 N–H and O–H groups in total. The highest BCUT2D eigenvalue weighted by Crippen LogP contribution is 2.34. The van der Waals surface area contributed by atoms with Gasteiger partial charge in [-0.2, -0.15) is 0 Å². The van der Waals surface area contributed by atoms with E-state index in [-0.39, 0.29) is 0 Å². The average Bonchev–Trinajstić information content (AvgIpc) is 2.61. The summed E-state index contributed by atoms with van der Waals surface area (Å²) in [7, 11) is 0. The number of fused-ring (bicyclic) bond motifs is 1. The van der Waals surface area contributed by atoms with Gasteiger partial charge in [0.25, 0.3) is 0 Å². The lowest BCUT2D eigenvalue weighted by Crippen LogP contribution is -1.97. The molecule has 1 aliphatic heterocycles. The van der Waals surface area contributed by atoms with Crippen LogP contribution in [0.3, 0.4) is 0 Å². The summed E-state index contributed by atoms with van der Waals surface area (Å²) in [6.45, 7) is 0.955. The lowest BCUT2D eigenvalue weighted by atomic mass is 10.3. The highest BCUT2D eigenvalue weighted by Gasteiger charge is 2.13. The van der Waals surface area contributed by atoms with Gasteiger partial charge < -0.3 is 14.2 Å². The first-order chi connectivity index (χ1) is 6.40. The Morgan fingerprint density at radius 3 is 3.00 bits per heavy atom. The molecule has 0 unspecified atom stereocenters. The second-order valence-corrected chi connectivity index (χ2v) is 3.35. The zero-order chi connectivity index (χ0) is 9.10. The average molecular weight is 245 g/mol. The summed E-state index contributed by atoms with van der Waals surface area (Å²) < 4.78 is 15.8. The number of rotatable bonds is 3. The summed E-state index contributed by atoms with van der Waals surface area (Å²) >= 11 is 3.29. The van der Waals surface area contributed by atoms with E-state index in [0.29, 0.717) is 13.4 Å². The van der Waals surface area contributed by atoms with Gasteiger partial charge in [-0.1, -0.05) is 15.9 Å². The van der Waals surface area contributed by atoms with Crippen LogP contribution in [0.25, 0.3) is 0 Å². The number of hydrogen-bond donors (Lipinski definition) is 0.